The van der Waals surface area contributed by atoms with Crippen molar-refractivity contribution in [3.63, 3.8) is 0 Å². The number of nitrogens with one attached hydrogen (secondary N) is 2. The lowest BCUT2D eigenvalue weighted by Crippen LogP contribution is -2.72. The molecule has 0 aromatic heterocycles. The number of carbonyl (C=O) groups excluding carboxylic acids is 1. The number of rotatable bonds is 3. The van der Waals surface area contributed by atoms with E-state index < -0.39 is 17.7 Å². The molecule has 5 rings (SSSR count). The van der Waals surface area contributed by atoms with Crippen molar-refractivity contribution in [2.24, 2.45) is 5.92 Å². The highest BCUT2D eigenvalue weighted by Crippen LogP contribution is 2.50. The normalized spacial score (nSPS) is 23.6. The smallest absolute Gasteiger partial charge is 0.236 e. The summed E-state index contributed by atoms with van der Waals surface area (Å²) in [5.74, 6) is -0.189. The lowest BCUT2D eigenvalue weighted by molar-refractivity contribution is -0.130. The quantitative estimate of drug-likeness (QED) is 0.461. The summed E-state index contributed by atoms with van der Waals surface area (Å²) in [6.45, 7) is 1.89. The van der Waals surface area contributed by atoms with E-state index >= 15 is 0 Å². The third-order valence-electron chi connectivity index (χ3n) is 5.87. The summed E-state index contributed by atoms with van der Waals surface area (Å²) >= 11 is 18.0. The number of fused-ring (bicyclic) bond motifs is 4. The number of hydrogen-bond donors (Lipinski definition) is 2. The number of ether oxygens (including phenoxy) is 1. The Labute approximate surface area is 201 Å². The molecule has 1 fully saturated rings. The SMILES string of the molecule is C[C@@]12Oc3ccc(Cl)cc3[C@@H](NC(=S)N1c1ccccc1)[C@@H]2C(=O)Nc1ccc(Cl)cc1. The van der Waals surface area contributed by atoms with Crippen LogP contribution in [0, 0.1) is 5.92 Å². The second-order valence-corrected chi connectivity index (χ2v) is 9.17. The maximum atomic E-state index is 13.7. The summed E-state index contributed by atoms with van der Waals surface area (Å²) in [5, 5.41) is 8.01. The molecule has 1 amide bonds. The second-order valence-electron chi connectivity index (χ2n) is 7.91. The predicted octanol–water partition coefficient (Wildman–Crippen LogP) is 5.79. The van der Waals surface area contributed by atoms with E-state index in [1.807, 2.05) is 54.3 Å². The number of carbonyl (C=O) groups is 1. The summed E-state index contributed by atoms with van der Waals surface area (Å²) in [4.78, 5) is 15.5. The molecule has 1 saturated heterocycles. The molecule has 3 aromatic carbocycles. The number of nitrogens with zero attached hydrogens (tertiary/aromatic N) is 1. The van der Waals surface area contributed by atoms with Crippen molar-refractivity contribution >= 4 is 57.8 Å². The molecule has 2 aliphatic rings. The minimum Gasteiger partial charge on any atom is -0.467 e. The summed E-state index contributed by atoms with van der Waals surface area (Å²) in [6, 6.07) is 21.7. The molecule has 2 bridgehead atoms. The standard InChI is InChI=1S/C24H19Cl2N3O2S/c1-24-20(22(30)27-16-10-7-14(25)8-11-16)21(18-13-15(26)9-12-19(18)31-24)28-23(32)29(24)17-5-3-2-4-6-17/h2-13,20-21H,1H3,(H,27,30)(H,28,32)/t20-,21-,24+/m1/s1. The highest BCUT2D eigenvalue weighted by Gasteiger charge is 2.59. The lowest BCUT2D eigenvalue weighted by atomic mass is 9.78. The van der Waals surface area contributed by atoms with Gasteiger partial charge in [-0.25, -0.2) is 0 Å². The van der Waals surface area contributed by atoms with Gasteiger partial charge >= 0.3 is 0 Å². The monoisotopic (exact) mass is 483 g/mol. The average Bonchev–Trinajstić information content (AvgIpc) is 2.76. The van der Waals surface area contributed by atoms with E-state index in [1.54, 1.807) is 30.3 Å². The maximum absolute atomic E-state index is 13.7. The molecule has 8 heteroatoms. The van der Waals surface area contributed by atoms with Crippen molar-refractivity contribution in [3.05, 3.63) is 88.4 Å². The van der Waals surface area contributed by atoms with Crippen LogP contribution in [0.15, 0.2) is 72.8 Å². The zero-order chi connectivity index (χ0) is 22.5. The van der Waals surface area contributed by atoms with Crippen LogP contribution in [0.4, 0.5) is 11.4 Å². The molecule has 2 aliphatic heterocycles. The van der Waals surface area contributed by atoms with E-state index in [9.17, 15) is 4.79 Å². The van der Waals surface area contributed by atoms with Crippen LogP contribution in [0.25, 0.3) is 0 Å². The van der Waals surface area contributed by atoms with Crippen molar-refractivity contribution < 1.29 is 9.53 Å². The Balaban J connectivity index is 1.62. The molecule has 32 heavy (non-hydrogen) atoms. The van der Waals surface area contributed by atoms with Gasteiger partial charge in [0.05, 0.1) is 6.04 Å². The van der Waals surface area contributed by atoms with E-state index in [-0.39, 0.29) is 5.91 Å². The largest absolute Gasteiger partial charge is 0.467 e. The van der Waals surface area contributed by atoms with Crippen LogP contribution in [0.5, 0.6) is 5.75 Å². The number of hydrogen-bond acceptors (Lipinski definition) is 3. The number of halogens is 2. The zero-order valence-corrected chi connectivity index (χ0v) is 19.3. The Hall–Kier alpha value is -2.80. The molecule has 0 radical (unpaired) electrons. The second kappa shape index (κ2) is 7.96. The van der Waals surface area contributed by atoms with Crippen molar-refractivity contribution in [1.29, 1.82) is 0 Å². The Morgan fingerprint density at radius 3 is 2.47 bits per heavy atom. The van der Waals surface area contributed by atoms with Crippen molar-refractivity contribution in [2.45, 2.75) is 18.7 Å². The summed E-state index contributed by atoms with van der Waals surface area (Å²) in [5.41, 5.74) is 1.19. The first-order valence-corrected chi connectivity index (χ1v) is 11.2. The molecule has 0 unspecified atom stereocenters. The van der Waals surface area contributed by atoms with E-state index in [0.717, 1.165) is 11.3 Å². The van der Waals surface area contributed by atoms with Crippen LogP contribution in [0.3, 0.4) is 0 Å². The van der Waals surface area contributed by atoms with Gasteiger partial charge in [0.1, 0.15) is 11.7 Å². The van der Waals surface area contributed by atoms with E-state index in [2.05, 4.69) is 10.6 Å². The molecule has 0 aliphatic carbocycles. The molecule has 162 valence electrons. The molecule has 2 heterocycles. The van der Waals surface area contributed by atoms with Crippen LogP contribution in [-0.2, 0) is 4.79 Å². The van der Waals surface area contributed by atoms with Crippen LogP contribution < -0.4 is 20.3 Å². The third kappa shape index (κ3) is 3.48. The Morgan fingerprint density at radius 1 is 1.06 bits per heavy atom. The van der Waals surface area contributed by atoms with E-state index in [0.29, 0.717) is 26.6 Å². The Morgan fingerprint density at radius 2 is 1.75 bits per heavy atom. The molecular formula is C24H19Cl2N3O2S. The first kappa shape index (κ1) is 21.1. The van der Waals surface area contributed by atoms with Crippen LogP contribution in [-0.4, -0.2) is 16.7 Å². The van der Waals surface area contributed by atoms with Crippen LogP contribution in [0.1, 0.15) is 18.5 Å². The molecule has 0 spiro atoms. The van der Waals surface area contributed by atoms with Crippen LogP contribution in [0.2, 0.25) is 10.0 Å². The van der Waals surface area contributed by atoms with Gasteiger partial charge in [-0.05, 0) is 73.7 Å². The van der Waals surface area contributed by atoms with E-state index in [4.69, 9.17) is 40.2 Å². The van der Waals surface area contributed by atoms with E-state index in [1.165, 1.54) is 0 Å². The maximum Gasteiger partial charge on any atom is 0.236 e. The van der Waals surface area contributed by atoms with Gasteiger partial charge in [0.15, 0.2) is 10.8 Å². The molecular weight excluding hydrogens is 465 g/mol. The van der Waals surface area contributed by atoms with Crippen molar-refractivity contribution in [3.8, 4) is 5.75 Å². The van der Waals surface area contributed by atoms with Gasteiger partial charge in [0.25, 0.3) is 0 Å². The van der Waals surface area contributed by atoms with Gasteiger partial charge in [-0.3, -0.25) is 9.69 Å². The van der Waals surface area contributed by atoms with Crippen molar-refractivity contribution in [2.75, 3.05) is 10.2 Å². The van der Waals surface area contributed by atoms with Gasteiger partial charge in [0, 0.05) is 27.0 Å². The lowest BCUT2D eigenvalue weighted by Gasteiger charge is -2.56. The highest BCUT2D eigenvalue weighted by molar-refractivity contribution is 7.80. The minimum absolute atomic E-state index is 0.207. The molecule has 3 aromatic rings. The van der Waals surface area contributed by atoms with Crippen molar-refractivity contribution in [1.82, 2.24) is 5.32 Å². The Bertz CT molecular complexity index is 1210. The van der Waals surface area contributed by atoms with Gasteiger partial charge in [-0.15, -0.1) is 0 Å². The first-order valence-electron chi connectivity index (χ1n) is 10.1. The summed E-state index contributed by atoms with van der Waals surface area (Å²) in [7, 11) is 0. The number of thiocarbonyl (C=S) groups is 1. The predicted molar refractivity (Wildman–Crippen MR) is 131 cm³/mol. The molecule has 2 N–H and O–H groups in total. The number of benzene rings is 3. The zero-order valence-electron chi connectivity index (χ0n) is 17.0. The number of anilines is 2. The molecule has 3 atom stereocenters. The minimum atomic E-state index is -1.08. The fourth-order valence-electron chi connectivity index (χ4n) is 4.47. The van der Waals surface area contributed by atoms with Gasteiger partial charge in [-0.2, -0.15) is 0 Å². The summed E-state index contributed by atoms with van der Waals surface area (Å²) in [6.07, 6.45) is 0. The van der Waals surface area contributed by atoms with Gasteiger partial charge < -0.3 is 15.4 Å². The van der Waals surface area contributed by atoms with Crippen LogP contribution >= 0.6 is 35.4 Å². The molecule has 5 nitrogen and oxygen atoms in total. The number of para-hydroxylation sites is 1. The van der Waals surface area contributed by atoms with Gasteiger partial charge in [0.2, 0.25) is 5.91 Å². The topological polar surface area (TPSA) is 53.6 Å². The van der Waals surface area contributed by atoms with Gasteiger partial charge in [-0.1, -0.05) is 41.4 Å². The number of amides is 1. The third-order valence-corrected chi connectivity index (χ3v) is 6.66. The summed E-state index contributed by atoms with van der Waals surface area (Å²) < 4.78 is 6.53. The average molecular weight is 484 g/mol. The Kier molecular flexibility index (Phi) is 5.24. The highest BCUT2D eigenvalue weighted by atomic mass is 35.5. The first-order chi connectivity index (χ1) is 15.4. The fraction of sp³-hybridized carbons (Fsp3) is 0.167. The fourth-order valence-corrected chi connectivity index (χ4v) is 5.19. The molecule has 0 saturated carbocycles.